The first-order chi connectivity index (χ1) is 13.0. The number of aliphatic hydroxyl groups is 1. The van der Waals surface area contributed by atoms with Gasteiger partial charge >= 0.3 is 0 Å². The summed E-state index contributed by atoms with van der Waals surface area (Å²) in [5.41, 5.74) is 1.23. The highest BCUT2D eigenvalue weighted by Gasteiger charge is 2.19. The minimum absolute atomic E-state index is 0.0361. The molecule has 0 aliphatic carbocycles. The molecule has 28 heavy (non-hydrogen) atoms. The van der Waals surface area contributed by atoms with Gasteiger partial charge in [-0.15, -0.1) is 0 Å². The molecule has 1 amide bonds. The van der Waals surface area contributed by atoms with E-state index >= 15 is 0 Å². The van der Waals surface area contributed by atoms with Crippen molar-refractivity contribution in [1.82, 2.24) is 9.97 Å². The van der Waals surface area contributed by atoms with Gasteiger partial charge in [-0.05, 0) is 50.1 Å². The molecule has 152 valence electrons. The van der Waals surface area contributed by atoms with Crippen molar-refractivity contribution in [2.45, 2.75) is 25.9 Å². The van der Waals surface area contributed by atoms with Crippen molar-refractivity contribution in [3.8, 4) is 0 Å². The maximum atomic E-state index is 11.7. The first-order valence-corrected chi connectivity index (χ1v) is 9.56. The molecule has 2 N–H and O–H groups in total. The van der Waals surface area contributed by atoms with E-state index in [1.165, 1.54) is 0 Å². The van der Waals surface area contributed by atoms with Gasteiger partial charge in [0.05, 0.1) is 17.0 Å². The molecule has 1 heterocycles. The van der Waals surface area contributed by atoms with Gasteiger partial charge in [-0.1, -0.05) is 23.2 Å². The van der Waals surface area contributed by atoms with E-state index in [2.05, 4.69) is 15.3 Å². The van der Waals surface area contributed by atoms with Crippen molar-refractivity contribution in [2.24, 2.45) is 0 Å². The van der Waals surface area contributed by atoms with E-state index < -0.39 is 5.60 Å². The van der Waals surface area contributed by atoms with Crippen molar-refractivity contribution < 1.29 is 9.90 Å². The second-order valence-electron chi connectivity index (χ2n) is 7.03. The fourth-order valence-corrected chi connectivity index (χ4v) is 2.96. The molecule has 0 saturated carbocycles. The second-order valence-corrected chi connectivity index (χ2v) is 8.10. The lowest BCUT2D eigenvalue weighted by Crippen LogP contribution is -2.31. The molecule has 2 rings (SSSR count). The van der Waals surface area contributed by atoms with Gasteiger partial charge in [0.2, 0.25) is 11.7 Å². The minimum Gasteiger partial charge on any atom is -0.390 e. The van der Waals surface area contributed by atoms with Crippen LogP contribution in [0.25, 0.3) is 0 Å². The van der Waals surface area contributed by atoms with E-state index in [0.29, 0.717) is 24.3 Å². The van der Waals surface area contributed by atoms with Gasteiger partial charge in [-0.2, -0.15) is 4.98 Å². The fourth-order valence-electron chi connectivity index (χ4n) is 2.45. The molecule has 7 nitrogen and oxygen atoms in total. The highest BCUT2D eigenvalue weighted by Crippen LogP contribution is 2.35. The molecule has 0 aliphatic heterocycles. The SMILES string of the molecule is CN(C)c1ccc(Nc2nc(Cl)nc(Cl)c2Cl)cc1N(C=O)CCC(C)(C)O. The average molecular weight is 447 g/mol. The molecule has 0 aliphatic rings. The lowest BCUT2D eigenvalue weighted by Gasteiger charge is -2.27. The van der Waals surface area contributed by atoms with Crippen LogP contribution in [0, 0.1) is 0 Å². The lowest BCUT2D eigenvalue weighted by atomic mass is 10.1. The molecule has 1 aromatic heterocycles. The summed E-state index contributed by atoms with van der Waals surface area (Å²) in [7, 11) is 3.76. The van der Waals surface area contributed by atoms with Crippen molar-refractivity contribution in [3.63, 3.8) is 0 Å². The van der Waals surface area contributed by atoms with Gasteiger partial charge in [-0.3, -0.25) is 4.79 Å². The minimum atomic E-state index is -0.891. The number of hydrogen-bond acceptors (Lipinski definition) is 6. The van der Waals surface area contributed by atoms with E-state index in [9.17, 15) is 9.90 Å². The van der Waals surface area contributed by atoms with Gasteiger partial charge in [0, 0.05) is 26.3 Å². The van der Waals surface area contributed by atoms with Gasteiger partial charge in [-0.25, -0.2) is 4.98 Å². The summed E-state index contributed by atoms with van der Waals surface area (Å²) in [6.07, 6.45) is 1.16. The molecule has 10 heteroatoms. The van der Waals surface area contributed by atoms with Gasteiger partial charge in [0.25, 0.3) is 0 Å². The molecule has 0 saturated heterocycles. The zero-order chi connectivity index (χ0) is 21.1. The van der Waals surface area contributed by atoms with Crippen LogP contribution in [0.4, 0.5) is 22.9 Å². The van der Waals surface area contributed by atoms with Crippen molar-refractivity contribution >= 4 is 64.1 Å². The Morgan fingerprint density at radius 2 is 1.86 bits per heavy atom. The Bertz CT molecular complexity index is 856. The number of carbonyl (C=O) groups excluding carboxylic acids is 1. The van der Waals surface area contributed by atoms with Crippen molar-refractivity contribution in [3.05, 3.63) is 33.7 Å². The maximum absolute atomic E-state index is 11.7. The molecule has 0 atom stereocenters. The van der Waals surface area contributed by atoms with E-state index in [1.807, 2.05) is 31.1 Å². The van der Waals surface area contributed by atoms with Crippen molar-refractivity contribution in [2.75, 3.05) is 35.8 Å². The van der Waals surface area contributed by atoms with Crippen LogP contribution in [0.5, 0.6) is 0 Å². The van der Waals surface area contributed by atoms with Crippen LogP contribution in [-0.4, -0.2) is 47.7 Å². The zero-order valence-electron chi connectivity index (χ0n) is 16.0. The summed E-state index contributed by atoms with van der Waals surface area (Å²) < 4.78 is 0. The zero-order valence-corrected chi connectivity index (χ0v) is 18.3. The Kier molecular flexibility index (Phi) is 7.33. The Hall–Kier alpha value is -1.80. The van der Waals surface area contributed by atoms with Gasteiger partial charge in [0.15, 0.2) is 11.0 Å². The first kappa shape index (κ1) is 22.5. The molecular formula is C18H22Cl3N5O2. The van der Waals surface area contributed by atoms with Crippen LogP contribution >= 0.6 is 34.8 Å². The summed E-state index contributed by atoms with van der Waals surface area (Å²) in [4.78, 5) is 23.0. The molecule has 0 radical (unpaired) electrons. The normalized spacial score (nSPS) is 11.3. The predicted octanol–water partition coefficient (Wildman–Crippen LogP) is 4.37. The predicted molar refractivity (Wildman–Crippen MR) is 115 cm³/mol. The quantitative estimate of drug-likeness (QED) is 0.356. The number of anilines is 4. The highest BCUT2D eigenvalue weighted by atomic mass is 35.5. The Morgan fingerprint density at radius 3 is 2.43 bits per heavy atom. The topological polar surface area (TPSA) is 81.6 Å². The first-order valence-electron chi connectivity index (χ1n) is 8.43. The van der Waals surface area contributed by atoms with Gasteiger partial charge in [0.1, 0.15) is 5.02 Å². The number of aromatic nitrogens is 2. The Morgan fingerprint density at radius 1 is 1.18 bits per heavy atom. The number of amides is 1. The number of nitrogens with zero attached hydrogens (tertiary/aromatic N) is 4. The van der Waals surface area contributed by atoms with Crippen LogP contribution in [-0.2, 0) is 4.79 Å². The van der Waals surface area contributed by atoms with E-state index in [4.69, 9.17) is 34.8 Å². The second kappa shape index (κ2) is 9.13. The molecule has 0 fully saturated rings. The number of halogens is 3. The van der Waals surface area contributed by atoms with E-state index in [0.717, 1.165) is 12.1 Å². The average Bonchev–Trinajstić information content (AvgIpc) is 2.58. The monoisotopic (exact) mass is 445 g/mol. The van der Waals surface area contributed by atoms with Crippen molar-refractivity contribution in [1.29, 1.82) is 0 Å². The smallest absolute Gasteiger partial charge is 0.225 e. The Balaban J connectivity index is 2.41. The number of hydrogen-bond donors (Lipinski definition) is 2. The lowest BCUT2D eigenvalue weighted by molar-refractivity contribution is -0.107. The number of nitrogens with one attached hydrogen (secondary N) is 1. The van der Waals surface area contributed by atoms with E-state index in [-0.39, 0.29) is 21.3 Å². The van der Waals surface area contributed by atoms with E-state index in [1.54, 1.807) is 24.8 Å². The highest BCUT2D eigenvalue weighted by molar-refractivity contribution is 6.43. The number of rotatable bonds is 8. The Labute approximate surface area is 179 Å². The fraction of sp³-hybridized carbons (Fsp3) is 0.389. The molecule has 1 aromatic carbocycles. The third-order valence-corrected chi connectivity index (χ3v) is 4.80. The third-order valence-electron chi connectivity index (χ3n) is 3.90. The standard InChI is InChI=1S/C18H22Cl3N5O2/c1-18(2,28)7-8-26(10-27)13-9-11(5-6-12(13)25(3)4)22-16-14(19)15(20)23-17(21)24-16/h5-6,9-10,28H,7-8H2,1-4H3,(H,22,23,24). The van der Waals surface area contributed by atoms with Crippen LogP contribution in [0.3, 0.4) is 0 Å². The van der Waals surface area contributed by atoms with Crippen LogP contribution in [0.2, 0.25) is 15.5 Å². The maximum Gasteiger partial charge on any atom is 0.225 e. The summed E-state index contributed by atoms with van der Waals surface area (Å²) in [5, 5.41) is 13.2. The number of benzene rings is 1. The molecule has 0 spiro atoms. The molecular weight excluding hydrogens is 425 g/mol. The molecule has 0 bridgehead atoms. The summed E-state index contributed by atoms with van der Waals surface area (Å²) in [6.45, 7) is 3.75. The van der Waals surface area contributed by atoms with Crippen LogP contribution < -0.4 is 15.1 Å². The number of carbonyl (C=O) groups is 1. The van der Waals surface area contributed by atoms with Crippen LogP contribution in [0.1, 0.15) is 20.3 Å². The summed E-state index contributed by atoms with van der Waals surface area (Å²) in [5.74, 6) is 0.254. The molecule has 0 unspecified atom stereocenters. The largest absolute Gasteiger partial charge is 0.390 e. The third kappa shape index (κ3) is 5.85. The summed E-state index contributed by atoms with van der Waals surface area (Å²) in [6, 6.07) is 5.46. The summed E-state index contributed by atoms with van der Waals surface area (Å²) >= 11 is 17.9. The van der Waals surface area contributed by atoms with Gasteiger partial charge < -0.3 is 20.2 Å². The molecule has 2 aromatic rings. The van der Waals surface area contributed by atoms with Crippen LogP contribution in [0.15, 0.2) is 18.2 Å².